The quantitative estimate of drug-likeness (QED) is 0.272. The Kier molecular flexibility index (Phi) is 6.60. The van der Waals surface area contributed by atoms with Crippen LogP contribution in [-0.2, 0) is 23.2 Å². The summed E-state index contributed by atoms with van der Waals surface area (Å²) in [6, 6.07) is 15.8. The summed E-state index contributed by atoms with van der Waals surface area (Å²) in [7, 11) is -4.26. The molecule has 2 aliphatic heterocycles. The molecule has 7 nitrogen and oxygen atoms in total. The van der Waals surface area contributed by atoms with Crippen molar-refractivity contribution in [2.24, 2.45) is 0 Å². The number of piperidine rings is 1. The molecular formula is C28H25Cl2N3O4S. The van der Waals surface area contributed by atoms with E-state index in [-0.39, 0.29) is 28.1 Å². The number of aromatic amines is 1. The van der Waals surface area contributed by atoms with Crippen LogP contribution < -0.4 is 9.50 Å². The predicted octanol–water partition coefficient (Wildman–Crippen LogP) is 6.14. The van der Waals surface area contributed by atoms with Crippen molar-refractivity contribution in [2.75, 3.05) is 13.1 Å². The molecule has 3 aromatic carbocycles. The summed E-state index contributed by atoms with van der Waals surface area (Å²) in [5.41, 5.74) is 4.54. The van der Waals surface area contributed by atoms with Crippen LogP contribution in [0.1, 0.15) is 40.7 Å². The van der Waals surface area contributed by atoms with E-state index in [2.05, 4.69) is 33.4 Å². The summed E-state index contributed by atoms with van der Waals surface area (Å²) in [6.07, 6.45) is 3.80. The van der Waals surface area contributed by atoms with Gasteiger partial charge in [0.15, 0.2) is 0 Å². The second-order valence-electron chi connectivity index (χ2n) is 9.70. The van der Waals surface area contributed by atoms with Gasteiger partial charge in [-0.15, -0.1) is 0 Å². The highest BCUT2D eigenvalue weighted by molar-refractivity contribution is 7.87. The minimum atomic E-state index is -4.26. The van der Waals surface area contributed by atoms with Crippen molar-refractivity contribution in [1.29, 1.82) is 0 Å². The molecule has 0 radical (unpaired) electrons. The highest BCUT2D eigenvalue weighted by Gasteiger charge is 2.30. The molecule has 2 aliphatic rings. The molecule has 6 rings (SSSR count). The van der Waals surface area contributed by atoms with E-state index in [1.54, 1.807) is 12.1 Å². The summed E-state index contributed by atoms with van der Waals surface area (Å²) >= 11 is 12.0. The first-order chi connectivity index (χ1) is 18.3. The van der Waals surface area contributed by atoms with Gasteiger partial charge in [-0.2, -0.15) is 8.42 Å². The lowest BCUT2D eigenvalue weighted by Gasteiger charge is -2.26. The van der Waals surface area contributed by atoms with Gasteiger partial charge in [-0.1, -0.05) is 35.7 Å². The smallest absolute Gasteiger partial charge is 0.340 e. The van der Waals surface area contributed by atoms with Crippen LogP contribution in [0.15, 0.2) is 59.5 Å². The minimum absolute atomic E-state index is 0.0438. The largest absolute Gasteiger partial charge is 0.379 e. The molecule has 1 aromatic heterocycles. The van der Waals surface area contributed by atoms with E-state index in [1.165, 1.54) is 43.0 Å². The van der Waals surface area contributed by atoms with Gasteiger partial charge in [0.25, 0.3) is 5.91 Å². The maximum absolute atomic E-state index is 13.0. The Morgan fingerprint density at radius 3 is 2.55 bits per heavy atom. The standard InChI is InChI=1S/C28H25Cl2N3O4S/c29-19-5-9-26(22(30)14-19)38(35,36)37-25-8-6-20(27-21(25)15-31-28(27)34)24-13-18-12-17(4-7-23(18)32-24)16-33-10-2-1-3-11-33/h4-9,12-14,32H,1-3,10-11,15-16H2,(H,31,34). The molecule has 1 amide bonds. The van der Waals surface area contributed by atoms with Crippen LogP contribution in [0.25, 0.3) is 22.2 Å². The Balaban J connectivity index is 1.33. The third-order valence-electron chi connectivity index (χ3n) is 7.12. The third-order valence-corrected chi connectivity index (χ3v) is 9.07. The number of benzene rings is 3. The molecule has 10 heteroatoms. The highest BCUT2D eigenvalue weighted by Crippen LogP contribution is 2.38. The van der Waals surface area contributed by atoms with Crippen LogP contribution in [-0.4, -0.2) is 37.3 Å². The fraction of sp³-hybridized carbons (Fsp3) is 0.250. The first kappa shape index (κ1) is 25.2. The van der Waals surface area contributed by atoms with Crippen molar-refractivity contribution in [3.63, 3.8) is 0 Å². The molecule has 3 heterocycles. The molecule has 0 bridgehead atoms. The summed E-state index contributed by atoms with van der Waals surface area (Å²) in [6.45, 7) is 3.34. The van der Waals surface area contributed by atoms with Gasteiger partial charge >= 0.3 is 10.1 Å². The number of nitrogens with zero attached hydrogens (tertiary/aromatic N) is 1. The van der Waals surface area contributed by atoms with Crippen molar-refractivity contribution < 1.29 is 17.4 Å². The van der Waals surface area contributed by atoms with Gasteiger partial charge in [0.05, 0.1) is 10.6 Å². The fourth-order valence-corrected chi connectivity index (χ4v) is 6.97. The van der Waals surface area contributed by atoms with Crippen molar-refractivity contribution in [3.05, 3.63) is 81.3 Å². The van der Waals surface area contributed by atoms with E-state index in [1.807, 2.05) is 6.07 Å². The number of fused-ring (bicyclic) bond motifs is 2. The normalized spacial score (nSPS) is 16.0. The zero-order valence-electron chi connectivity index (χ0n) is 20.4. The average Bonchev–Trinajstić information content (AvgIpc) is 3.48. The number of carbonyl (C=O) groups excluding carboxylic acids is 1. The highest BCUT2D eigenvalue weighted by atomic mass is 35.5. The van der Waals surface area contributed by atoms with Gasteiger partial charge in [0.1, 0.15) is 10.6 Å². The molecule has 38 heavy (non-hydrogen) atoms. The monoisotopic (exact) mass is 569 g/mol. The number of rotatable bonds is 6. The van der Waals surface area contributed by atoms with Crippen LogP contribution in [0.4, 0.5) is 0 Å². The van der Waals surface area contributed by atoms with Crippen molar-refractivity contribution in [2.45, 2.75) is 37.2 Å². The molecule has 0 atom stereocenters. The topological polar surface area (TPSA) is 91.5 Å². The van der Waals surface area contributed by atoms with Crippen LogP contribution >= 0.6 is 23.2 Å². The van der Waals surface area contributed by atoms with Crippen LogP contribution in [0.5, 0.6) is 5.75 Å². The molecule has 1 saturated heterocycles. The lowest BCUT2D eigenvalue weighted by Crippen LogP contribution is -2.28. The lowest BCUT2D eigenvalue weighted by molar-refractivity contribution is 0.0966. The number of hydrogen-bond donors (Lipinski definition) is 2. The Bertz CT molecular complexity index is 1680. The number of hydrogen-bond acceptors (Lipinski definition) is 5. The third kappa shape index (κ3) is 4.78. The Morgan fingerprint density at radius 2 is 1.76 bits per heavy atom. The summed E-state index contributed by atoms with van der Waals surface area (Å²) in [5.74, 6) is -0.208. The second-order valence-corrected chi connectivity index (χ2v) is 12.1. The maximum atomic E-state index is 13.0. The molecule has 0 unspecified atom stereocenters. The SMILES string of the molecule is O=C1NCc2c(OS(=O)(=O)c3ccc(Cl)cc3Cl)ccc(-c3cc4cc(CN5CCCCC5)ccc4[nH]3)c21. The number of H-pyrrole nitrogens is 1. The molecule has 0 aliphatic carbocycles. The molecule has 0 saturated carbocycles. The molecule has 1 fully saturated rings. The zero-order valence-corrected chi connectivity index (χ0v) is 22.7. The zero-order chi connectivity index (χ0) is 26.4. The average molecular weight is 570 g/mol. The Morgan fingerprint density at radius 1 is 0.947 bits per heavy atom. The number of halogens is 2. The van der Waals surface area contributed by atoms with Gasteiger partial charge in [-0.25, -0.2) is 0 Å². The summed E-state index contributed by atoms with van der Waals surface area (Å²) in [5, 5.41) is 4.12. The van der Waals surface area contributed by atoms with Gasteiger partial charge < -0.3 is 14.5 Å². The lowest BCUT2D eigenvalue weighted by atomic mass is 9.99. The van der Waals surface area contributed by atoms with Gasteiger partial charge in [-0.05, 0) is 80.0 Å². The van der Waals surface area contributed by atoms with E-state index in [9.17, 15) is 13.2 Å². The van der Waals surface area contributed by atoms with E-state index in [0.29, 0.717) is 21.7 Å². The Hall–Kier alpha value is -3.04. The number of carbonyl (C=O) groups is 1. The number of amides is 1. The van der Waals surface area contributed by atoms with Crippen LogP contribution in [0.2, 0.25) is 10.0 Å². The summed E-state index contributed by atoms with van der Waals surface area (Å²) < 4.78 is 31.5. The molecular weight excluding hydrogens is 545 g/mol. The first-order valence-corrected chi connectivity index (χ1v) is 14.6. The summed E-state index contributed by atoms with van der Waals surface area (Å²) in [4.78, 5) is 18.6. The molecule has 0 spiro atoms. The number of aromatic nitrogens is 1. The van der Waals surface area contributed by atoms with Crippen molar-refractivity contribution in [3.8, 4) is 17.0 Å². The van der Waals surface area contributed by atoms with E-state index < -0.39 is 10.1 Å². The first-order valence-electron chi connectivity index (χ1n) is 12.5. The maximum Gasteiger partial charge on any atom is 0.340 e. The molecule has 196 valence electrons. The van der Waals surface area contributed by atoms with E-state index >= 15 is 0 Å². The van der Waals surface area contributed by atoms with Gasteiger partial charge in [0.2, 0.25) is 0 Å². The van der Waals surface area contributed by atoms with Crippen molar-refractivity contribution >= 4 is 50.1 Å². The van der Waals surface area contributed by atoms with Gasteiger partial charge in [-0.3, -0.25) is 9.69 Å². The van der Waals surface area contributed by atoms with Gasteiger partial charge in [0, 0.05) is 45.8 Å². The minimum Gasteiger partial charge on any atom is -0.379 e. The van der Waals surface area contributed by atoms with Crippen molar-refractivity contribution in [1.82, 2.24) is 15.2 Å². The fourth-order valence-electron chi connectivity index (χ4n) is 5.27. The number of likely N-dealkylation sites (tertiary alicyclic amines) is 1. The van der Waals surface area contributed by atoms with Crippen LogP contribution in [0.3, 0.4) is 0 Å². The Labute approximate surface area is 230 Å². The second kappa shape index (κ2) is 9.93. The predicted molar refractivity (Wildman–Crippen MR) is 148 cm³/mol. The van der Waals surface area contributed by atoms with E-state index in [4.69, 9.17) is 27.4 Å². The molecule has 4 aromatic rings. The number of nitrogens with one attached hydrogen (secondary N) is 2. The van der Waals surface area contributed by atoms with E-state index in [0.717, 1.165) is 36.2 Å². The molecule has 2 N–H and O–H groups in total. The van der Waals surface area contributed by atoms with Crippen LogP contribution in [0, 0.1) is 0 Å².